The number of ether oxygens (including phenoxy) is 1. The summed E-state index contributed by atoms with van der Waals surface area (Å²) in [6.07, 6.45) is 4.18. The fraction of sp³-hybridized carbons (Fsp3) is 0.364. The summed E-state index contributed by atoms with van der Waals surface area (Å²) in [6.45, 7) is 3.31. The van der Waals surface area contributed by atoms with Gasteiger partial charge in [0.2, 0.25) is 0 Å². The maximum atomic E-state index is 9.76. The van der Waals surface area contributed by atoms with Crippen LogP contribution in [0.3, 0.4) is 0 Å². The summed E-state index contributed by atoms with van der Waals surface area (Å²) in [6, 6.07) is 14.0. The van der Waals surface area contributed by atoms with Gasteiger partial charge in [0.1, 0.15) is 5.58 Å². The Kier molecular flexibility index (Phi) is 6.84. The molecular weight excluding hydrogens is 383 g/mol. The van der Waals surface area contributed by atoms with Crippen molar-refractivity contribution in [3.8, 4) is 0 Å². The zero-order valence-corrected chi connectivity index (χ0v) is 17.0. The van der Waals surface area contributed by atoms with E-state index >= 15 is 0 Å². The molecule has 2 heterocycles. The first kappa shape index (κ1) is 21.1. The maximum absolute atomic E-state index is 9.76. The Morgan fingerprint density at radius 3 is 2.87 bits per heavy atom. The minimum absolute atomic E-state index is 0.122. The minimum atomic E-state index is -1.60. The van der Waals surface area contributed by atoms with Crippen LogP contribution < -0.4 is 11.0 Å². The number of nitrogens with one attached hydrogen (secondary N) is 2. The monoisotopic (exact) mass is 410 g/mol. The number of para-hydroxylation sites is 1. The molecule has 4 N–H and O–H groups in total. The molecule has 0 spiro atoms. The van der Waals surface area contributed by atoms with Crippen LogP contribution in [0.4, 0.5) is 0 Å². The van der Waals surface area contributed by atoms with Crippen molar-refractivity contribution in [3.63, 3.8) is 0 Å². The van der Waals surface area contributed by atoms with E-state index in [-0.39, 0.29) is 6.10 Å². The van der Waals surface area contributed by atoms with E-state index in [0.717, 1.165) is 52.7 Å². The molecule has 1 saturated heterocycles. The molecule has 0 radical (unpaired) electrons. The molecule has 1 aromatic heterocycles. The van der Waals surface area contributed by atoms with Crippen LogP contribution in [0.2, 0.25) is 0 Å². The van der Waals surface area contributed by atoms with E-state index < -0.39 is 13.1 Å². The molecule has 2 unspecified atom stereocenters. The zero-order valence-electron chi connectivity index (χ0n) is 17.0. The number of benzene rings is 2. The maximum Gasteiger partial charge on any atom is 0.472 e. The van der Waals surface area contributed by atoms with Crippen LogP contribution in [0.5, 0.6) is 0 Å². The highest BCUT2D eigenvalue weighted by Gasteiger charge is 2.26. The third-order valence-electron chi connectivity index (χ3n) is 5.48. The number of hydrogen-bond acceptors (Lipinski definition) is 7. The number of rotatable bonds is 9. The van der Waals surface area contributed by atoms with E-state index in [0.29, 0.717) is 13.0 Å². The highest BCUT2D eigenvalue weighted by atomic mass is 16.8. The first-order valence-corrected chi connectivity index (χ1v) is 10.3. The summed E-state index contributed by atoms with van der Waals surface area (Å²) < 4.78 is 11.4. The van der Waals surface area contributed by atoms with Crippen LogP contribution in [0.25, 0.3) is 11.0 Å². The lowest BCUT2D eigenvalue weighted by Gasteiger charge is -2.19. The van der Waals surface area contributed by atoms with E-state index in [1.54, 1.807) is 6.26 Å². The molecule has 0 bridgehead atoms. The molecule has 2 atom stereocenters. The zero-order chi connectivity index (χ0) is 20.9. The fourth-order valence-corrected chi connectivity index (χ4v) is 3.89. The Morgan fingerprint density at radius 2 is 2.07 bits per heavy atom. The Hall–Kier alpha value is -2.20. The molecule has 1 aliphatic rings. The number of hydroxylamine groups is 2. The topological polar surface area (TPSA) is 96.1 Å². The van der Waals surface area contributed by atoms with Crippen molar-refractivity contribution >= 4 is 18.1 Å². The van der Waals surface area contributed by atoms with E-state index in [9.17, 15) is 10.0 Å². The predicted molar refractivity (Wildman–Crippen MR) is 114 cm³/mol. The van der Waals surface area contributed by atoms with Gasteiger partial charge in [-0.2, -0.15) is 11.0 Å². The molecule has 158 valence electrons. The SMILES string of the molecule is Cc1ccc(C2CCCO2)c(CNONC(Cc2coc3ccccc23)B(O)O)c1. The van der Waals surface area contributed by atoms with Crippen LogP contribution in [0.1, 0.15) is 41.2 Å². The second-order valence-electron chi connectivity index (χ2n) is 7.73. The van der Waals surface area contributed by atoms with Gasteiger partial charge >= 0.3 is 7.12 Å². The van der Waals surface area contributed by atoms with Gasteiger partial charge in [-0.15, -0.1) is 0 Å². The first-order valence-electron chi connectivity index (χ1n) is 10.3. The third-order valence-corrected chi connectivity index (χ3v) is 5.48. The highest BCUT2D eigenvalue weighted by molar-refractivity contribution is 6.43. The Bertz CT molecular complexity index is 971. The van der Waals surface area contributed by atoms with Gasteiger partial charge in [0.05, 0.1) is 18.3 Å². The van der Waals surface area contributed by atoms with Gasteiger partial charge in [0, 0.05) is 18.5 Å². The van der Waals surface area contributed by atoms with Gasteiger partial charge in [0.15, 0.2) is 0 Å². The average Bonchev–Trinajstić information content (AvgIpc) is 3.40. The quantitative estimate of drug-likeness (QED) is 0.245. The van der Waals surface area contributed by atoms with Crippen molar-refractivity contribution in [1.29, 1.82) is 0 Å². The molecule has 4 rings (SSSR count). The Balaban J connectivity index is 1.35. The summed E-state index contributed by atoms with van der Waals surface area (Å²) in [5.74, 6) is -0.728. The molecule has 3 aromatic rings. The highest BCUT2D eigenvalue weighted by Crippen LogP contribution is 2.31. The van der Waals surface area contributed by atoms with E-state index in [2.05, 4.69) is 36.1 Å². The second-order valence-corrected chi connectivity index (χ2v) is 7.73. The van der Waals surface area contributed by atoms with Gasteiger partial charge in [-0.3, -0.25) is 0 Å². The van der Waals surface area contributed by atoms with Crippen LogP contribution >= 0.6 is 0 Å². The summed E-state index contributed by atoms with van der Waals surface area (Å²) in [5.41, 5.74) is 10.7. The Morgan fingerprint density at radius 1 is 1.20 bits per heavy atom. The molecule has 0 saturated carbocycles. The number of furan rings is 1. The van der Waals surface area contributed by atoms with Crippen LogP contribution in [-0.2, 0) is 22.6 Å². The standard InChI is InChI=1S/C22H27BN2O5/c1-15-8-9-19(20-7-4-10-28-20)16(11-15)13-24-30-25-22(23(26)27)12-17-14-29-21-6-3-2-5-18(17)21/h2-3,5-6,8-9,11,14,20,22,24-27H,4,7,10,12-13H2,1H3. The third kappa shape index (κ3) is 4.92. The smallest absolute Gasteiger partial charge is 0.464 e. The van der Waals surface area contributed by atoms with Crippen molar-refractivity contribution < 1.29 is 24.1 Å². The van der Waals surface area contributed by atoms with E-state index in [1.807, 2.05) is 24.3 Å². The molecule has 1 aliphatic heterocycles. The van der Waals surface area contributed by atoms with Crippen molar-refractivity contribution in [2.75, 3.05) is 6.61 Å². The van der Waals surface area contributed by atoms with Crippen molar-refractivity contribution in [3.05, 3.63) is 71.0 Å². The number of hydrogen-bond donors (Lipinski definition) is 4. The van der Waals surface area contributed by atoms with Gasteiger partial charge in [-0.1, -0.05) is 42.0 Å². The molecular formula is C22H27BN2O5. The number of fused-ring (bicyclic) bond motifs is 1. The van der Waals surface area contributed by atoms with Crippen LogP contribution in [-0.4, -0.2) is 29.7 Å². The van der Waals surface area contributed by atoms with Crippen LogP contribution in [0.15, 0.2) is 53.1 Å². The molecule has 30 heavy (non-hydrogen) atoms. The normalized spacial score (nSPS) is 17.5. The predicted octanol–water partition coefficient (Wildman–Crippen LogP) is 2.74. The van der Waals surface area contributed by atoms with E-state index in [4.69, 9.17) is 14.1 Å². The summed E-state index contributed by atoms with van der Waals surface area (Å²) >= 11 is 0. The van der Waals surface area contributed by atoms with Crippen molar-refractivity contribution in [1.82, 2.24) is 11.0 Å². The molecule has 8 heteroatoms. The lowest BCUT2D eigenvalue weighted by atomic mass is 9.76. The fourth-order valence-electron chi connectivity index (χ4n) is 3.89. The minimum Gasteiger partial charge on any atom is -0.464 e. The molecule has 7 nitrogen and oxygen atoms in total. The summed E-state index contributed by atoms with van der Waals surface area (Å²) in [4.78, 5) is 5.39. The number of aryl methyl sites for hydroxylation is 1. The summed E-state index contributed by atoms with van der Waals surface area (Å²) in [5, 5.41) is 20.5. The summed E-state index contributed by atoms with van der Waals surface area (Å²) in [7, 11) is -1.60. The van der Waals surface area contributed by atoms with Crippen molar-refractivity contribution in [2.24, 2.45) is 0 Å². The lowest BCUT2D eigenvalue weighted by Crippen LogP contribution is -2.47. The lowest BCUT2D eigenvalue weighted by molar-refractivity contribution is -0.0527. The van der Waals surface area contributed by atoms with Gasteiger partial charge in [0.25, 0.3) is 0 Å². The van der Waals surface area contributed by atoms with Gasteiger partial charge in [-0.25, -0.2) is 4.94 Å². The Labute approximate surface area is 176 Å². The average molecular weight is 410 g/mol. The molecule has 0 aliphatic carbocycles. The molecule has 2 aromatic carbocycles. The van der Waals surface area contributed by atoms with Gasteiger partial charge < -0.3 is 19.2 Å². The first-order chi connectivity index (χ1) is 14.6. The largest absolute Gasteiger partial charge is 0.472 e. The molecule has 1 fully saturated rings. The molecule has 0 amide bonds. The van der Waals surface area contributed by atoms with E-state index in [1.165, 1.54) is 0 Å². The van der Waals surface area contributed by atoms with Crippen molar-refractivity contribution in [2.45, 2.75) is 44.8 Å². The second kappa shape index (κ2) is 9.74. The van der Waals surface area contributed by atoms with Crippen LogP contribution in [0, 0.1) is 6.92 Å². The van der Waals surface area contributed by atoms with Gasteiger partial charge in [-0.05, 0) is 48.9 Å².